The number of benzene rings is 2. The molecule has 0 amide bonds. The van der Waals surface area contributed by atoms with Gasteiger partial charge in [-0.15, -0.1) is 11.3 Å². The summed E-state index contributed by atoms with van der Waals surface area (Å²) in [7, 11) is 0. The molecule has 0 bridgehead atoms. The van der Waals surface area contributed by atoms with Gasteiger partial charge in [-0.2, -0.15) is 0 Å². The van der Waals surface area contributed by atoms with Crippen molar-refractivity contribution >= 4 is 38.0 Å². The van der Waals surface area contributed by atoms with Gasteiger partial charge in [0.25, 0.3) is 0 Å². The zero-order chi connectivity index (χ0) is 13.2. The minimum absolute atomic E-state index is 0.400. The third kappa shape index (κ3) is 2.75. The van der Waals surface area contributed by atoms with Crippen LogP contribution >= 0.6 is 27.3 Å². The Morgan fingerprint density at radius 1 is 1.00 bits per heavy atom. The topological polar surface area (TPSA) is 0 Å². The van der Waals surface area contributed by atoms with Gasteiger partial charge in [-0.05, 0) is 41.8 Å². The normalized spacial score (nSPS) is 12.7. The van der Waals surface area contributed by atoms with E-state index in [-0.39, 0.29) is 0 Å². The van der Waals surface area contributed by atoms with Crippen LogP contribution < -0.4 is 0 Å². The Bertz CT molecular complexity index is 694. The van der Waals surface area contributed by atoms with Gasteiger partial charge >= 0.3 is 0 Å². The molecular weight excluding hydrogens is 316 g/mol. The molecule has 1 heterocycles. The van der Waals surface area contributed by atoms with Crippen LogP contribution in [0.4, 0.5) is 0 Å². The van der Waals surface area contributed by atoms with Crippen molar-refractivity contribution in [3.63, 3.8) is 0 Å². The van der Waals surface area contributed by atoms with E-state index in [2.05, 4.69) is 77.5 Å². The van der Waals surface area contributed by atoms with Crippen molar-refractivity contribution in [1.82, 2.24) is 0 Å². The Morgan fingerprint density at radius 3 is 2.58 bits per heavy atom. The van der Waals surface area contributed by atoms with Gasteiger partial charge in [-0.25, -0.2) is 0 Å². The molecule has 1 aromatic heterocycles. The fourth-order valence-electron chi connectivity index (χ4n) is 2.39. The van der Waals surface area contributed by atoms with Crippen LogP contribution in [0.3, 0.4) is 0 Å². The SMILES string of the molecule is Cc1ccc(C(Br)Cc2cccc3ccccc23)s1. The second-order valence-corrected chi connectivity index (χ2v) is 7.18. The first-order chi connectivity index (χ1) is 9.24. The van der Waals surface area contributed by atoms with Gasteiger partial charge in [0.15, 0.2) is 0 Å². The van der Waals surface area contributed by atoms with Crippen molar-refractivity contribution in [2.75, 3.05) is 0 Å². The molecule has 3 aromatic rings. The first-order valence-corrected chi connectivity index (χ1v) is 8.14. The van der Waals surface area contributed by atoms with Crippen LogP contribution in [-0.2, 0) is 6.42 Å². The molecule has 0 nitrogen and oxygen atoms in total. The first-order valence-electron chi connectivity index (χ1n) is 6.41. The Morgan fingerprint density at radius 2 is 1.79 bits per heavy atom. The molecular formula is C17H15BrS. The average Bonchev–Trinajstić information content (AvgIpc) is 2.86. The molecule has 0 aliphatic rings. The molecule has 0 saturated carbocycles. The smallest absolute Gasteiger partial charge is 0.0529 e. The lowest BCUT2D eigenvalue weighted by Crippen LogP contribution is -1.94. The van der Waals surface area contributed by atoms with Crippen molar-refractivity contribution in [3.8, 4) is 0 Å². The standard InChI is InChI=1S/C17H15BrS/c1-12-9-10-17(19-12)16(18)11-14-7-4-6-13-5-2-3-8-15(13)14/h2-10,16H,11H2,1H3. The van der Waals surface area contributed by atoms with Crippen LogP contribution in [0.2, 0.25) is 0 Å². The predicted octanol–water partition coefficient (Wildman–Crippen LogP) is 5.89. The summed E-state index contributed by atoms with van der Waals surface area (Å²) in [5, 5.41) is 2.68. The van der Waals surface area contributed by atoms with Gasteiger partial charge in [0.1, 0.15) is 0 Å². The lowest BCUT2D eigenvalue weighted by molar-refractivity contribution is 0.979. The molecule has 0 spiro atoms. The van der Waals surface area contributed by atoms with Crippen molar-refractivity contribution in [2.45, 2.75) is 18.2 Å². The molecule has 0 aliphatic heterocycles. The lowest BCUT2D eigenvalue weighted by atomic mass is 10.0. The maximum absolute atomic E-state index is 3.83. The van der Waals surface area contributed by atoms with Gasteiger partial charge in [0.05, 0.1) is 4.83 Å². The predicted molar refractivity (Wildman–Crippen MR) is 88.4 cm³/mol. The van der Waals surface area contributed by atoms with Crippen LogP contribution in [0.5, 0.6) is 0 Å². The second kappa shape index (κ2) is 5.48. The van der Waals surface area contributed by atoms with Gasteiger partial charge in [-0.3, -0.25) is 0 Å². The van der Waals surface area contributed by atoms with Gasteiger partial charge < -0.3 is 0 Å². The van der Waals surface area contributed by atoms with Crippen LogP contribution in [0, 0.1) is 6.92 Å². The van der Waals surface area contributed by atoms with E-state index in [9.17, 15) is 0 Å². The maximum Gasteiger partial charge on any atom is 0.0529 e. The highest BCUT2D eigenvalue weighted by Gasteiger charge is 2.12. The number of hydrogen-bond acceptors (Lipinski definition) is 1. The third-order valence-corrected chi connectivity index (χ3v) is 5.58. The minimum atomic E-state index is 0.400. The molecule has 0 saturated heterocycles. The van der Waals surface area contributed by atoms with E-state index in [1.54, 1.807) is 0 Å². The quantitative estimate of drug-likeness (QED) is 0.525. The fourth-order valence-corrected chi connectivity index (χ4v) is 4.02. The van der Waals surface area contributed by atoms with Crippen LogP contribution in [0.15, 0.2) is 54.6 Å². The number of thiophene rings is 1. The highest BCUT2D eigenvalue weighted by atomic mass is 79.9. The molecule has 19 heavy (non-hydrogen) atoms. The molecule has 0 radical (unpaired) electrons. The fraction of sp³-hybridized carbons (Fsp3) is 0.176. The molecule has 1 unspecified atom stereocenters. The summed E-state index contributed by atoms with van der Waals surface area (Å²) in [5.41, 5.74) is 1.41. The van der Waals surface area contributed by atoms with E-state index in [1.165, 1.54) is 26.1 Å². The van der Waals surface area contributed by atoms with E-state index in [0.717, 1.165) is 6.42 Å². The van der Waals surface area contributed by atoms with Crippen molar-refractivity contribution in [3.05, 3.63) is 69.9 Å². The van der Waals surface area contributed by atoms with E-state index in [4.69, 9.17) is 0 Å². The lowest BCUT2D eigenvalue weighted by Gasteiger charge is -2.10. The average molecular weight is 331 g/mol. The van der Waals surface area contributed by atoms with Crippen molar-refractivity contribution in [2.24, 2.45) is 0 Å². The molecule has 2 aromatic carbocycles. The summed E-state index contributed by atoms with van der Waals surface area (Å²) in [6, 6.07) is 19.6. The summed E-state index contributed by atoms with van der Waals surface area (Å²) in [6.07, 6.45) is 1.03. The largest absolute Gasteiger partial charge is 0.145 e. The van der Waals surface area contributed by atoms with E-state index < -0.39 is 0 Å². The molecule has 96 valence electrons. The van der Waals surface area contributed by atoms with Gasteiger partial charge in [0, 0.05) is 9.75 Å². The zero-order valence-electron chi connectivity index (χ0n) is 10.8. The number of aryl methyl sites for hydroxylation is 1. The maximum atomic E-state index is 3.83. The summed E-state index contributed by atoms with van der Waals surface area (Å²) in [5.74, 6) is 0. The van der Waals surface area contributed by atoms with Crippen LogP contribution in [0.25, 0.3) is 10.8 Å². The minimum Gasteiger partial charge on any atom is -0.145 e. The Hall–Kier alpha value is -1.12. The monoisotopic (exact) mass is 330 g/mol. The first kappa shape index (κ1) is 12.9. The van der Waals surface area contributed by atoms with Gasteiger partial charge in [0.2, 0.25) is 0 Å². The van der Waals surface area contributed by atoms with Crippen molar-refractivity contribution in [1.29, 1.82) is 0 Å². The van der Waals surface area contributed by atoms with Gasteiger partial charge in [-0.1, -0.05) is 58.4 Å². The molecule has 3 rings (SSSR count). The Balaban J connectivity index is 1.93. The highest BCUT2D eigenvalue weighted by molar-refractivity contribution is 9.09. The Kier molecular flexibility index (Phi) is 3.72. The van der Waals surface area contributed by atoms with E-state index >= 15 is 0 Å². The highest BCUT2D eigenvalue weighted by Crippen LogP contribution is 2.33. The number of rotatable bonds is 3. The Labute approximate surface area is 126 Å². The number of hydrogen-bond donors (Lipinski definition) is 0. The zero-order valence-corrected chi connectivity index (χ0v) is 13.2. The van der Waals surface area contributed by atoms with Crippen LogP contribution in [0.1, 0.15) is 20.1 Å². The molecule has 0 N–H and O–H groups in total. The number of halogens is 1. The molecule has 2 heteroatoms. The third-order valence-electron chi connectivity index (χ3n) is 3.35. The number of alkyl halides is 1. The summed E-state index contributed by atoms with van der Waals surface area (Å²) < 4.78 is 0. The van der Waals surface area contributed by atoms with E-state index in [1.807, 2.05) is 11.3 Å². The molecule has 0 fully saturated rings. The summed E-state index contributed by atoms with van der Waals surface area (Å²) in [4.78, 5) is 3.18. The molecule has 0 aliphatic carbocycles. The summed E-state index contributed by atoms with van der Waals surface area (Å²) in [6.45, 7) is 2.16. The summed E-state index contributed by atoms with van der Waals surface area (Å²) >= 11 is 5.71. The van der Waals surface area contributed by atoms with Crippen LogP contribution in [-0.4, -0.2) is 0 Å². The number of fused-ring (bicyclic) bond motifs is 1. The van der Waals surface area contributed by atoms with E-state index in [0.29, 0.717) is 4.83 Å². The van der Waals surface area contributed by atoms with Crippen molar-refractivity contribution < 1.29 is 0 Å². The second-order valence-electron chi connectivity index (χ2n) is 4.76. The molecule has 1 atom stereocenters.